The second-order valence-electron chi connectivity index (χ2n) is 8.81. The molecular weight excluding hydrogens is 575 g/mol. The summed E-state index contributed by atoms with van der Waals surface area (Å²) in [4.78, 5) is 27.9. The predicted octanol–water partition coefficient (Wildman–Crippen LogP) is 5.98. The van der Waals surface area contributed by atoms with Crippen molar-refractivity contribution in [2.24, 2.45) is 0 Å². The van der Waals surface area contributed by atoms with Crippen molar-refractivity contribution in [3.05, 3.63) is 106 Å². The van der Waals surface area contributed by atoms with Crippen LogP contribution in [0.5, 0.6) is 0 Å². The van der Waals surface area contributed by atoms with E-state index in [0.29, 0.717) is 16.9 Å². The number of halogens is 2. The summed E-state index contributed by atoms with van der Waals surface area (Å²) in [6.07, 6.45) is 3.04. The SMILES string of the molecule is Cc1ccc(-c2ccc(C[C@H](NS(=O)(=O)c3c(Cl)cccc3Cl)C(=O)O)cc2)cc1NC(=O)Nc1ccncc1. The first-order valence-corrected chi connectivity index (χ1v) is 14.1. The summed E-state index contributed by atoms with van der Waals surface area (Å²) in [6, 6.07) is 18.3. The molecule has 206 valence electrons. The maximum absolute atomic E-state index is 12.9. The quantitative estimate of drug-likeness (QED) is 0.187. The smallest absolute Gasteiger partial charge is 0.323 e. The van der Waals surface area contributed by atoms with Crippen LogP contribution in [-0.2, 0) is 21.2 Å². The van der Waals surface area contributed by atoms with Crippen molar-refractivity contribution >= 4 is 56.6 Å². The molecule has 1 heterocycles. The van der Waals surface area contributed by atoms with Crippen LogP contribution in [0, 0.1) is 6.92 Å². The van der Waals surface area contributed by atoms with Crippen LogP contribution in [0.1, 0.15) is 11.1 Å². The van der Waals surface area contributed by atoms with Crippen LogP contribution >= 0.6 is 23.2 Å². The molecule has 4 N–H and O–H groups in total. The number of aryl methyl sites for hydroxylation is 1. The normalized spacial score (nSPS) is 12.0. The summed E-state index contributed by atoms with van der Waals surface area (Å²) in [6.45, 7) is 1.87. The Morgan fingerprint density at radius 2 is 1.52 bits per heavy atom. The minimum absolute atomic E-state index is 0.115. The summed E-state index contributed by atoms with van der Waals surface area (Å²) in [5, 5.41) is 15.1. The van der Waals surface area contributed by atoms with E-state index in [4.69, 9.17) is 23.2 Å². The molecule has 0 radical (unpaired) electrons. The Hall–Kier alpha value is -3.96. The largest absolute Gasteiger partial charge is 0.480 e. The Morgan fingerprint density at radius 3 is 2.15 bits per heavy atom. The number of carbonyl (C=O) groups is 2. The van der Waals surface area contributed by atoms with Crippen molar-refractivity contribution in [1.82, 2.24) is 9.71 Å². The molecule has 0 aliphatic heterocycles. The summed E-state index contributed by atoms with van der Waals surface area (Å²) in [5.41, 5.74) is 4.31. The van der Waals surface area contributed by atoms with Crippen LogP contribution in [0.4, 0.5) is 16.2 Å². The van der Waals surface area contributed by atoms with E-state index in [1.165, 1.54) is 18.2 Å². The second-order valence-corrected chi connectivity index (χ2v) is 11.3. The average molecular weight is 599 g/mol. The minimum atomic E-state index is -4.31. The highest BCUT2D eigenvalue weighted by atomic mass is 35.5. The number of carboxylic acids is 1. The third-order valence-corrected chi connectivity index (χ3v) is 8.36. The zero-order valence-electron chi connectivity index (χ0n) is 21.1. The van der Waals surface area contributed by atoms with Gasteiger partial charge in [-0.3, -0.25) is 9.78 Å². The predicted molar refractivity (Wildman–Crippen MR) is 155 cm³/mol. The zero-order valence-corrected chi connectivity index (χ0v) is 23.4. The first-order chi connectivity index (χ1) is 19.0. The highest BCUT2D eigenvalue weighted by Crippen LogP contribution is 2.30. The summed E-state index contributed by atoms with van der Waals surface area (Å²) in [5.74, 6) is -1.35. The molecule has 1 aromatic heterocycles. The summed E-state index contributed by atoms with van der Waals surface area (Å²) >= 11 is 12.0. The van der Waals surface area contributed by atoms with Gasteiger partial charge in [0.05, 0.1) is 10.0 Å². The maximum Gasteiger partial charge on any atom is 0.323 e. The number of hydrogen-bond acceptors (Lipinski definition) is 5. The molecule has 0 spiro atoms. The molecule has 4 aromatic rings. The van der Waals surface area contributed by atoms with Gasteiger partial charge in [-0.2, -0.15) is 4.72 Å². The monoisotopic (exact) mass is 598 g/mol. The van der Waals surface area contributed by atoms with Crippen LogP contribution in [0.25, 0.3) is 11.1 Å². The van der Waals surface area contributed by atoms with E-state index >= 15 is 0 Å². The molecule has 0 aliphatic carbocycles. The molecule has 4 rings (SSSR count). The fourth-order valence-electron chi connectivity index (χ4n) is 3.89. The molecule has 0 saturated heterocycles. The van der Waals surface area contributed by atoms with E-state index < -0.39 is 28.1 Å². The molecule has 2 amide bonds. The van der Waals surface area contributed by atoms with Gasteiger partial charge in [0, 0.05) is 23.8 Å². The van der Waals surface area contributed by atoms with Gasteiger partial charge in [0.15, 0.2) is 0 Å². The highest BCUT2D eigenvalue weighted by molar-refractivity contribution is 7.89. The molecule has 1 atom stereocenters. The molecule has 0 aliphatic rings. The van der Waals surface area contributed by atoms with Crippen molar-refractivity contribution in [1.29, 1.82) is 0 Å². The van der Waals surface area contributed by atoms with E-state index in [9.17, 15) is 23.1 Å². The van der Waals surface area contributed by atoms with Crippen molar-refractivity contribution in [2.75, 3.05) is 10.6 Å². The molecule has 3 aromatic carbocycles. The Labute approximate surface area is 241 Å². The second kappa shape index (κ2) is 12.5. The minimum Gasteiger partial charge on any atom is -0.480 e. The Bertz CT molecular complexity index is 1630. The van der Waals surface area contributed by atoms with E-state index in [-0.39, 0.29) is 21.4 Å². The van der Waals surface area contributed by atoms with Crippen LogP contribution < -0.4 is 15.4 Å². The molecule has 0 fully saturated rings. The topological polar surface area (TPSA) is 137 Å². The van der Waals surface area contributed by atoms with Crippen LogP contribution in [-0.4, -0.2) is 36.6 Å². The number of carbonyl (C=O) groups excluding carboxylic acids is 1. The zero-order chi connectivity index (χ0) is 28.9. The van der Waals surface area contributed by atoms with Crippen molar-refractivity contribution in [3.63, 3.8) is 0 Å². The van der Waals surface area contributed by atoms with Crippen molar-refractivity contribution < 1.29 is 23.1 Å². The Kier molecular flexibility index (Phi) is 9.06. The Balaban J connectivity index is 1.48. The highest BCUT2D eigenvalue weighted by Gasteiger charge is 2.29. The van der Waals surface area contributed by atoms with Crippen LogP contribution in [0.3, 0.4) is 0 Å². The molecular formula is C28H24Cl2N4O5S. The fraction of sp³-hybridized carbons (Fsp3) is 0.107. The van der Waals surface area contributed by atoms with Gasteiger partial charge in [-0.05, 0) is 65.9 Å². The third-order valence-electron chi connectivity index (χ3n) is 5.93. The van der Waals surface area contributed by atoms with Gasteiger partial charge in [-0.15, -0.1) is 0 Å². The lowest BCUT2D eigenvalue weighted by molar-refractivity contribution is -0.138. The molecule has 0 saturated carbocycles. The van der Waals surface area contributed by atoms with Gasteiger partial charge in [0.1, 0.15) is 10.9 Å². The number of sulfonamides is 1. The maximum atomic E-state index is 12.9. The Morgan fingerprint density at radius 1 is 0.900 bits per heavy atom. The lowest BCUT2D eigenvalue weighted by atomic mass is 9.99. The number of pyridine rings is 1. The number of amides is 2. The first-order valence-electron chi connectivity index (χ1n) is 11.9. The number of nitrogens with one attached hydrogen (secondary N) is 3. The number of benzene rings is 3. The van der Waals surface area contributed by atoms with Gasteiger partial charge in [-0.25, -0.2) is 13.2 Å². The summed E-state index contributed by atoms with van der Waals surface area (Å²) in [7, 11) is -4.31. The van der Waals surface area contributed by atoms with Gasteiger partial charge in [0.25, 0.3) is 0 Å². The van der Waals surface area contributed by atoms with Crippen molar-refractivity contribution in [3.8, 4) is 11.1 Å². The van der Waals surface area contributed by atoms with Gasteiger partial charge in [-0.1, -0.05) is 65.7 Å². The van der Waals surface area contributed by atoms with E-state index in [0.717, 1.165) is 16.7 Å². The lowest BCUT2D eigenvalue weighted by Gasteiger charge is -2.17. The number of hydrogen-bond donors (Lipinski definition) is 4. The van der Waals surface area contributed by atoms with E-state index in [1.807, 2.05) is 25.1 Å². The fourth-order valence-corrected chi connectivity index (χ4v) is 6.22. The number of aromatic nitrogens is 1. The third kappa shape index (κ3) is 7.16. The van der Waals surface area contributed by atoms with Gasteiger partial charge < -0.3 is 15.7 Å². The average Bonchev–Trinajstić information content (AvgIpc) is 2.90. The van der Waals surface area contributed by atoms with Crippen LogP contribution in [0.15, 0.2) is 90.1 Å². The molecule has 0 unspecified atom stereocenters. The molecule has 12 heteroatoms. The van der Waals surface area contributed by atoms with Gasteiger partial charge in [0.2, 0.25) is 10.0 Å². The number of anilines is 2. The lowest BCUT2D eigenvalue weighted by Crippen LogP contribution is -2.42. The van der Waals surface area contributed by atoms with E-state index in [1.54, 1.807) is 48.8 Å². The van der Waals surface area contributed by atoms with Crippen LogP contribution in [0.2, 0.25) is 10.0 Å². The number of nitrogens with zero attached hydrogens (tertiary/aromatic N) is 1. The van der Waals surface area contributed by atoms with E-state index in [2.05, 4.69) is 20.3 Å². The number of urea groups is 1. The molecule has 9 nitrogen and oxygen atoms in total. The van der Waals surface area contributed by atoms with Crippen molar-refractivity contribution in [2.45, 2.75) is 24.3 Å². The number of carboxylic acid groups (broad SMARTS) is 1. The first kappa shape index (κ1) is 29.0. The van der Waals surface area contributed by atoms with Gasteiger partial charge >= 0.3 is 12.0 Å². The standard InChI is InChI=1S/C28H24Cl2N4O5S/c1-17-5-8-20(16-24(17)33-28(37)32-21-11-13-31-14-12-21)19-9-6-18(7-10-19)15-25(27(35)36)34-40(38,39)26-22(29)3-2-4-23(26)30/h2-14,16,25,34H,15H2,1H3,(H,35,36)(H2,31,32,33,37)/t25-/m0/s1. The molecule has 40 heavy (non-hydrogen) atoms. The number of rotatable bonds is 9. The number of aliphatic carboxylic acids is 1. The summed E-state index contributed by atoms with van der Waals surface area (Å²) < 4.78 is 27.9. The molecule has 0 bridgehead atoms.